The smallest absolute Gasteiger partial charge is 0.228 e. The first kappa shape index (κ1) is 14.1. The van der Waals surface area contributed by atoms with E-state index in [0.717, 1.165) is 0 Å². The highest BCUT2D eigenvalue weighted by molar-refractivity contribution is 5.91. The number of carbonyl (C=O) groups excluding carboxylic acids is 1. The molecule has 1 amide bonds. The lowest BCUT2D eigenvalue weighted by Crippen LogP contribution is -2.15. The number of hydrogen-bond acceptors (Lipinski definition) is 1. The van der Waals surface area contributed by atoms with Crippen molar-refractivity contribution in [2.45, 2.75) is 13.3 Å². The minimum absolute atomic E-state index is 0.240. The van der Waals surface area contributed by atoms with Gasteiger partial charge in [-0.2, -0.15) is 0 Å². The van der Waals surface area contributed by atoms with Crippen LogP contribution in [-0.4, -0.2) is 5.91 Å². The second-order valence-electron chi connectivity index (χ2n) is 3.27. The van der Waals surface area contributed by atoms with Crippen molar-refractivity contribution >= 4 is 11.6 Å². The lowest BCUT2D eigenvalue weighted by Gasteiger charge is -2.08. The Bertz CT molecular complexity index is 484. The third kappa shape index (κ3) is 2.66. The molecule has 0 atom stereocenters. The fourth-order valence-corrected chi connectivity index (χ4v) is 1.13. The van der Waals surface area contributed by atoms with E-state index in [-0.39, 0.29) is 6.42 Å². The Morgan fingerprint density at radius 1 is 1.00 bits per heavy atom. The Morgan fingerprint density at radius 2 is 1.44 bits per heavy atom. The van der Waals surface area contributed by atoms with Crippen LogP contribution in [0.3, 0.4) is 0 Å². The summed E-state index contributed by atoms with van der Waals surface area (Å²) >= 11 is 0. The number of anilines is 1. The zero-order chi connectivity index (χ0) is 13.9. The van der Waals surface area contributed by atoms with E-state index in [4.69, 9.17) is 0 Å². The van der Waals surface area contributed by atoms with Crippen LogP contribution in [0.5, 0.6) is 0 Å². The lowest BCUT2D eigenvalue weighted by atomic mass is 10.2. The van der Waals surface area contributed by atoms with E-state index >= 15 is 0 Å². The first-order valence-electron chi connectivity index (χ1n) is 4.82. The summed E-state index contributed by atoms with van der Waals surface area (Å²) in [5.74, 6) is -11.5. The molecule has 0 aliphatic rings. The first-order valence-corrected chi connectivity index (χ1v) is 4.82. The van der Waals surface area contributed by atoms with Crippen molar-refractivity contribution in [3.8, 4) is 0 Å². The summed E-state index contributed by atoms with van der Waals surface area (Å²) in [6, 6.07) is 0. The molecule has 1 rings (SSSR count). The number of amides is 1. The molecule has 1 aromatic rings. The second kappa shape index (κ2) is 5.61. The number of nitrogens with one attached hydrogen (secondary N) is 1. The summed E-state index contributed by atoms with van der Waals surface area (Å²) in [6.45, 7) is 1.60. The van der Waals surface area contributed by atoms with E-state index in [1.165, 1.54) is 12.2 Å². The van der Waals surface area contributed by atoms with Crippen molar-refractivity contribution in [3.63, 3.8) is 0 Å². The molecule has 0 spiro atoms. The number of rotatable bonds is 3. The molecule has 0 fully saturated rings. The van der Waals surface area contributed by atoms with Crippen molar-refractivity contribution in [1.29, 1.82) is 0 Å². The van der Waals surface area contributed by atoms with Gasteiger partial charge in [-0.05, 0) is 6.92 Å². The third-order valence-electron chi connectivity index (χ3n) is 2.01. The number of benzene rings is 1. The molecule has 98 valence electrons. The molecule has 0 heterocycles. The molecule has 0 bridgehead atoms. The van der Waals surface area contributed by atoms with Crippen molar-refractivity contribution in [1.82, 2.24) is 0 Å². The quantitative estimate of drug-likeness (QED) is 0.386. The van der Waals surface area contributed by atoms with Crippen LogP contribution < -0.4 is 5.32 Å². The maximum absolute atomic E-state index is 13.1. The monoisotopic (exact) mass is 265 g/mol. The minimum atomic E-state index is -2.27. The molecule has 0 aliphatic carbocycles. The predicted octanol–water partition coefficient (Wildman–Crippen LogP) is 3.29. The standard InChI is InChI=1S/C11H8F5NO/c1-2-3-4-5(18)17-11-9(15)7(13)6(12)8(14)10(11)16/h2-3H,4H2,1H3,(H,17,18)/b3-2+. The van der Waals surface area contributed by atoms with Crippen LogP contribution in [0.15, 0.2) is 12.2 Å². The molecule has 0 aliphatic heterocycles. The van der Waals surface area contributed by atoms with Crippen molar-refractivity contribution in [2.75, 3.05) is 5.32 Å². The van der Waals surface area contributed by atoms with Gasteiger partial charge in [0.15, 0.2) is 23.3 Å². The zero-order valence-corrected chi connectivity index (χ0v) is 9.16. The third-order valence-corrected chi connectivity index (χ3v) is 2.01. The van der Waals surface area contributed by atoms with Gasteiger partial charge in [0, 0.05) is 6.42 Å². The van der Waals surface area contributed by atoms with Gasteiger partial charge in [-0.15, -0.1) is 0 Å². The van der Waals surface area contributed by atoms with Crippen LogP contribution in [-0.2, 0) is 4.79 Å². The largest absolute Gasteiger partial charge is 0.321 e. The molecule has 7 heteroatoms. The fourth-order valence-electron chi connectivity index (χ4n) is 1.13. The van der Waals surface area contributed by atoms with E-state index < -0.39 is 40.7 Å². The average molecular weight is 265 g/mol. The van der Waals surface area contributed by atoms with Gasteiger partial charge in [-0.1, -0.05) is 12.2 Å². The molecule has 18 heavy (non-hydrogen) atoms. The lowest BCUT2D eigenvalue weighted by molar-refractivity contribution is -0.115. The predicted molar refractivity (Wildman–Crippen MR) is 54.3 cm³/mol. The molecule has 0 radical (unpaired) electrons. The number of halogens is 5. The highest BCUT2D eigenvalue weighted by Gasteiger charge is 2.26. The first-order chi connectivity index (χ1) is 8.40. The van der Waals surface area contributed by atoms with Crippen LogP contribution in [0.25, 0.3) is 0 Å². The van der Waals surface area contributed by atoms with E-state index in [9.17, 15) is 26.7 Å². The highest BCUT2D eigenvalue weighted by Crippen LogP contribution is 2.27. The van der Waals surface area contributed by atoms with Crippen LogP contribution in [0.4, 0.5) is 27.6 Å². The molecule has 0 aromatic heterocycles. The highest BCUT2D eigenvalue weighted by atomic mass is 19.2. The van der Waals surface area contributed by atoms with E-state index in [1.54, 1.807) is 12.2 Å². The van der Waals surface area contributed by atoms with Crippen LogP contribution in [0, 0.1) is 29.1 Å². The molecular formula is C11H8F5NO. The molecular weight excluding hydrogens is 257 g/mol. The zero-order valence-electron chi connectivity index (χ0n) is 9.16. The van der Waals surface area contributed by atoms with Crippen molar-refractivity contribution in [3.05, 3.63) is 41.2 Å². The fraction of sp³-hybridized carbons (Fsp3) is 0.182. The molecule has 0 unspecified atom stereocenters. The van der Waals surface area contributed by atoms with Gasteiger partial charge >= 0.3 is 0 Å². The van der Waals surface area contributed by atoms with E-state index in [1.807, 2.05) is 0 Å². The van der Waals surface area contributed by atoms with Crippen molar-refractivity contribution < 1.29 is 26.7 Å². The SMILES string of the molecule is C/C=C/CC(=O)Nc1c(F)c(F)c(F)c(F)c1F. The maximum Gasteiger partial charge on any atom is 0.228 e. The van der Waals surface area contributed by atoms with Gasteiger partial charge in [-0.25, -0.2) is 22.0 Å². The normalized spacial score (nSPS) is 11.0. The number of carbonyl (C=O) groups is 1. The Morgan fingerprint density at radius 3 is 1.89 bits per heavy atom. The summed E-state index contributed by atoms with van der Waals surface area (Å²) in [5, 5.41) is 1.64. The summed E-state index contributed by atoms with van der Waals surface area (Å²) in [6.07, 6.45) is 2.62. The Hall–Kier alpha value is -1.92. The minimum Gasteiger partial charge on any atom is -0.321 e. The molecule has 1 aromatic carbocycles. The van der Waals surface area contributed by atoms with Gasteiger partial charge in [0.1, 0.15) is 5.69 Å². The van der Waals surface area contributed by atoms with Crippen LogP contribution >= 0.6 is 0 Å². The van der Waals surface area contributed by atoms with E-state index in [2.05, 4.69) is 0 Å². The molecule has 0 saturated carbocycles. The summed E-state index contributed by atoms with van der Waals surface area (Å²) in [5.41, 5.74) is -1.35. The Labute approximate surface area is 99.1 Å². The number of allylic oxidation sites excluding steroid dienone is 1. The second-order valence-corrected chi connectivity index (χ2v) is 3.27. The van der Waals surface area contributed by atoms with Crippen LogP contribution in [0.2, 0.25) is 0 Å². The Balaban J connectivity index is 3.14. The van der Waals surface area contributed by atoms with Gasteiger partial charge in [0.05, 0.1) is 0 Å². The van der Waals surface area contributed by atoms with Gasteiger partial charge < -0.3 is 5.32 Å². The summed E-state index contributed by atoms with van der Waals surface area (Å²) < 4.78 is 64.5. The van der Waals surface area contributed by atoms with E-state index in [0.29, 0.717) is 0 Å². The number of hydrogen-bond donors (Lipinski definition) is 1. The molecule has 0 saturated heterocycles. The molecule has 1 N–H and O–H groups in total. The maximum atomic E-state index is 13.1. The molecule has 2 nitrogen and oxygen atoms in total. The van der Waals surface area contributed by atoms with Gasteiger partial charge in [-0.3, -0.25) is 4.79 Å². The van der Waals surface area contributed by atoms with Gasteiger partial charge in [0.25, 0.3) is 0 Å². The van der Waals surface area contributed by atoms with Crippen LogP contribution in [0.1, 0.15) is 13.3 Å². The average Bonchev–Trinajstić information content (AvgIpc) is 2.36. The summed E-state index contributed by atoms with van der Waals surface area (Å²) in [7, 11) is 0. The van der Waals surface area contributed by atoms with Crippen molar-refractivity contribution in [2.24, 2.45) is 0 Å². The summed E-state index contributed by atoms with van der Waals surface area (Å²) in [4.78, 5) is 11.1. The van der Waals surface area contributed by atoms with Gasteiger partial charge in [0.2, 0.25) is 11.7 Å². The topological polar surface area (TPSA) is 29.1 Å². The Kier molecular flexibility index (Phi) is 4.41.